The quantitative estimate of drug-likeness (QED) is 0.0923. The average molecular weight is 679 g/mol. The molecule has 5 aromatic rings. The second-order valence-electron chi connectivity index (χ2n) is 14.7. The van der Waals surface area contributed by atoms with Crippen LogP contribution in [0, 0.1) is 5.92 Å². The summed E-state index contributed by atoms with van der Waals surface area (Å²) in [5.74, 6) is -0.478. The maximum absolute atomic E-state index is 13.1. The Morgan fingerprint density at radius 3 is 2.00 bits per heavy atom. The smallest absolute Gasteiger partial charge is 0.280 e. The van der Waals surface area contributed by atoms with Crippen molar-refractivity contribution in [2.75, 3.05) is 26.0 Å². The monoisotopic (exact) mass is 678 g/mol. The second kappa shape index (κ2) is 13.9. The number of hydrogen-bond acceptors (Lipinski definition) is 7. The van der Waals surface area contributed by atoms with Gasteiger partial charge in [-0.1, -0.05) is 105 Å². The van der Waals surface area contributed by atoms with E-state index in [9.17, 15) is 9.59 Å². The normalized spacial score (nSPS) is 18.5. The highest BCUT2D eigenvalue weighted by Gasteiger charge is 2.46. The van der Waals surface area contributed by atoms with Gasteiger partial charge in [0, 0.05) is 18.4 Å². The van der Waals surface area contributed by atoms with Crippen LogP contribution in [0.25, 0.3) is 11.2 Å². The molecule has 2 aromatic heterocycles. The molecule has 0 bridgehead atoms. The fraction of sp³-hybridized carbons (Fsp3) is 0.385. The van der Waals surface area contributed by atoms with Crippen LogP contribution in [0.15, 0.2) is 102 Å². The number of anilines is 1. The molecular weight excluding hydrogens is 630 g/mol. The number of benzene rings is 3. The van der Waals surface area contributed by atoms with Crippen LogP contribution in [-0.4, -0.2) is 68.5 Å². The van der Waals surface area contributed by atoms with E-state index in [4.69, 9.17) is 9.57 Å². The minimum atomic E-state index is -0.750. The lowest BCUT2D eigenvalue weighted by molar-refractivity contribution is -1.11. The Labute approximate surface area is 293 Å². The zero-order valence-corrected chi connectivity index (χ0v) is 29.9. The van der Waals surface area contributed by atoms with Gasteiger partial charge >= 0.3 is 0 Å². The summed E-state index contributed by atoms with van der Waals surface area (Å²) in [4.78, 5) is 43.9. The van der Waals surface area contributed by atoms with Gasteiger partial charge in [-0.25, -0.2) is 9.82 Å². The van der Waals surface area contributed by atoms with E-state index >= 15 is 0 Å². The molecule has 1 aliphatic heterocycles. The van der Waals surface area contributed by atoms with Gasteiger partial charge in [0.1, 0.15) is 24.5 Å². The van der Waals surface area contributed by atoms with Gasteiger partial charge in [0.15, 0.2) is 11.2 Å². The third-order valence-corrected chi connectivity index (χ3v) is 9.94. The van der Waals surface area contributed by atoms with Crippen LogP contribution in [0.4, 0.5) is 5.95 Å². The molecule has 6 rings (SSSR count). The minimum absolute atomic E-state index is 0.0657. The third kappa shape index (κ3) is 6.86. The Hall–Kier alpha value is -4.68. The molecule has 0 aliphatic carbocycles. The predicted molar refractivity (Wildman–Crippen MR) is 194 cm³/mol. The maximum Gasteiger partial charge on any atom is 0.280 e. The van der Waals surface area contributed by atoms with Crippen LogP contribution in [0.5, 0.6) is 0 Å². The van der Waals surface area contributed by atoms with E-state index in [-0.39, 0.29) is 34.9 Å². The van der Waals surface area contributed by atoms with E-state index in [1.807, 2.05) is 32.3 Å². The fourth-order valence-electron chi connectivity index (χ4n) is 6.21. The standard InChI is InChI=1S/C39H47N7O4/c1-26(2)35(47)42-37-41-34-33(36(48)43-37)40-25-45(34)32-23-30(31(50-32)24-49-46(6,7)38(3,4)5)44-39(27-17-11-8-12-18-27,28-19-13-9-14-20-28)29-21-15-10-16-22-29/h8-22,25-26,30-32,44H,23-24H2,1-7H3,(H-,41,42,43,47,48)/p+1. The molecule has 262 valence electrons. The number of rotatable bonds is 11. The number of carbonyl (C=O) groups excluding carboxylic acids is 1. The van der Waals surface area contributed by atoms with Gasteiger partial charge in [-0.05, 0) is 37.5 Å². The van der Waals surface area contributed by atoms with Gasteiger partial charge in [-0.3, -0.25) is 29.8 Å². The largest absolute Gasteiger partial charge is 0.350 e. The number of aromatic nitrogens is 4. The van der Waals surface area contributed by atoms with Crippen molar-refractivity contribution in [1.29, 1.82) is 0 Å². The number of amides is 1. The highest BCUT2D eigenvalue weighted by Crippen LogP contribution is 2.41. The first kappa shape index (κ1) is 35.2. The molecule has 3 heterocycles. The number of ether oxygens (including phenoxy) is 1. The van der Waals surface area contributed by atoms with Crippen LogP contribution in [0.2, 0.25) is 0 Å². The zero-order valence-electron chi connectivity index (χ0n) is 29.9. The Bertz CT molecular complexity index is 1870. The summed E-state index contributed by atoms with van der Waals surface area (Å²) in [6.45, 7) is 10.3. The van der Waals surface area contributed by atoms with Crippen molar-refractivity contribution in [2.24, 2.45) is 5.92 Å². The number of quaternary nitrogens is 1. The Morgan fingerprint density at radius 1 is 0.960 bits per heavy atom. The van der Waals surface area contributed by atoms with Crippen molar-refractivity contribution in [1.82, 2.24) is 24.8 Å². The van der Waals surface area contributed by atoms with Crippen molar-refractivity contribution in [3.8, 4) is 0 Å². The van der Waals surface area contributed by atoms with Crippen LogP contribution in [-0.2, 0) is 19.9 Å². The van der Waals surface area contributed by atoms with E-state index < -0.39 is 23.4 Å². The number of carbonyl (C=O) groups is 1. The van der Waals surface area contributed by atoms with Crippen LogP contribution in [0.3, 0.4) is 0 Å². The summed E-state index contributed by atoms with van der Waals surface area (Å²) in [7, 11) is 4.09. The third-order valence-electron chi connectivity index (χ3n) is 9.94. The molecule has 1 amide bonds. The van der Waals surface area contributed by atoms with Crippen LogP contribution < -0.4 is 16.2 Å². The fourth-order valence-corrected chi connectivity index (χ4v) is 6.21. The van der Waals surface area contributed by atoms with E-state index in [0.29, 0.717) is 23.3 Å². The zero-order chi connectivity index (χ0) is 35.7. The summed E-state index contributed by atoms with van der Waals surface area (Å²) in [6.07, 6.45) is 1.15. The lowest BCUT2D eigenvalue weighted by Crippen LogP contribution is -2.57. The second-order valence-corrected chi connectivity index (χ2v) is 14.7. The molecule has 1 saturated heterocycles. The summed E-state index contributed by atoms with van der Waals surface area (Å²) < 4.78 is 8.97. The van der Waals surface area contributed by atoms with Gasteiger partial charge < -0.3 is 4.74 Å². The minimum Gasteiger partial charge on any atom is -0.350 e. The Balaban J connectivity index is 1.45. The highest BCUT2D eigenvalue weighted by atomic mass is 16.7. The van der Waals surface area contributed by atoms with Gasteiger partial charge in [0.2, 0.25) is 11.9 Å². The van der Waals surface area contributed by atoms with E-state index in [1.165, 1.54) is 0 Å². The lowest BCUT2D eigenvalue weighted by Gasteiger charge is -2.42. The van der Waals surface area contributed by atoms with E-state index in [2.05, 4.69) is 119 Å². The lowest BCUT2D eigenvalue weighted by atomic mass is 9.76. The summed E-state index contributed by atoms with van der Waals surface area (Å²) >= 11 is 0. The summed E-state index contributed by atoms with van der Waals surface area (Å²) in [5, 5.41) is 6.83. The number of fused-ring (bicyclic) bond motifs is 1. The first-order valence-electron chi connectivity index (χ1n) is 17.2. The number of hydrogen-bond donors (Lipinski definition) is 3. The molecular formula is C39H48N7O4+. The van der Waals surface area contributed by atoms with Crippen molar-refractivity contribution < 1.29 is 19.0 Å². The Kier molecular flexibility index (Phi) is 9.78. The molecule has 11 nitrogen and oxygen atoms in total. The van der Waals surface area contributed by atoms with Crippen molar-refractivity contribution >= 4 is 23.0 Å². The molecule has 3 aromatic carbocycles. The van der Waals surface area contributed by atoms with Crippen LogP contribution in [0.1, 0.15) is 64.0 Å². The molecule has 0 saturated carbocycles. The van der Waals surface area contributed by atoms with Crippen LogP contribution >= 0.6 is 0 Å². The van der Waals surface area contributed by atoms with E-state index in [1.54, 1.807) is 24.7 Å². The Morgan fingerprint density at radius 2 is 1.50 bits per heavy atom. The molecule has 3 N–H and O–H groups in total. The molecule has 0 spiro atoms. The van der Waals surface area contributed by atoms with Crippen molar-refractivity contribution in [3.63, 3.8) is 0 Å². The first-order valence-corrected chi connectivity index (χ1v) is 17.2. The molecule has 1 aliphatic rings. The van der Waals surface area contributed by atoms with Crippen molar-refractivity contribution in [2.45, 2.75) is 70.5 Å². The molecule has 3 unspecified atom stereocenters. The summed E-state index contributed by atoms with van der Waals surface area (Å²) in [6, 6.07) is 31.1. The predicted octanol–water partition coefficient (Wildman–Crippen LogP) is 5.76. The van der Waals surface area contributed by atoms with Gasteiger partial charge in [-0.15, -0.1) is 0 Å². The molecule has 3 atom stereocenters. The van der Waals surface area contributed by atoms with E-state index in [0.717, 1.165) is 16.7 Å². The van der Waals surface area contributed by atoms with Gasteiger partial charge in [-0.2, -0.15) is 9.63 Å². The number of aromatic amines is 1. The molecule has 50 heavy (non-hydrogen) atoms. The maximum atomic E-state index is 13.1. The number of nitrogens with one attached hydrogen (secondary N) is 3. The molecule has 11 heteroatoms. The number of H-pyrrole nitrogens is 1. The number of hydroxylamine groups is 3. The highest BCUT2D eigenvalue weighted by molar-refractivity contribution is 5.91. The summed E-state index contributed by atoms with van der Waals surface area (Å²) in [5.41, 5.74) is 2.35. The number of imidazole rings is 1. The molecule has 1 fully saturated rings. The topological polar surface area (TPSA) is 123 Å². The van der Waals surface area contributed by atoms with Gasteiger partial charge in [0.25, 0.3) is 5.56 Å². The first-order chi connectivity index (χ1) is 23.8. The SMILES string of the molecule is CC(C)C(=O)Nc1nc2c(ncn2C2CC(NC(c3ccccc3)(c3ccccc3)c3ccccc3)C(CO[N+](C)(C)C(C)(C)C)O2)c(=O)[nH]1. The van der Waals surface area contributed by atoms with Gasteiger partial charge in [0.05, 0.1) is 26.0 Å². The van der Waals surface area contributed by atoms with Crippen molar-refractivity contribution in [3.05, 3.63) is 124 Å². The average Bonchev–Trinajstić information content (AvgIpc) is 3.71. The number of nitrogens with zero attached hydrogens (tertiary/aromatic N) is 4. The molecule has 0 radical (unpaired) electrons.